The van der Waals surface area contributed by atoms with Gasteiger partial charge >= 0.3 is 0 Å². The number of aliphatic hydroxyl groups is 1. The fourth-order valence-electron chi connectivity index (χ4n) is 2.65. The maximum absolute atomic E-state index is 10.2. The molecule has 2 rings (SSSR count). The molecule has 4 nitrogen and oxygen atoms in total. The lowest BCUT2D eigenvalue weighted by molar-refractivity contribution is -0.133. The molecule has 0 aliphatic carbocycles. The predicted octanol–water partition coefficient (Wildman–Crippen LogP) is 1.92. The van der Waals surface area contributed by atoms with E-state index < -0.39 is 6.10 Å². The Kier molecular flexibility index (Phi) is 6.18. The summed E-state index contributed by atoms with van der Waals surface area (Å²) in [4.78, 5) is 0. The van der Waals surface area contributed by atoms with Crippen LogP contribution in [-0.2, 0) is 16.0 Å². The maximum atomic E-state index is 10.2. The summed E-state index contributed by atoms with van der Waals surface area (Å²) in [5.74, 6) is 0.645. The van der Waals surface area contributed by atoms with E-state index >= 15 is 0 Å². The topological polar surface area (TPSA) is 50.7 Å². The minimum Gasteiger partial charge on any atom is -0.390 e. The Hall–Kier alpha value is -0.940. The zero-order valence-corrected chi connectivity index (χ0v) is 13.2. The molecule has 0 saturated carbocycles. The van der Waals surface area contributed by atoms with E-state index in [1.54, 1.807) is 7.11 Å². The summed E-state index contributed by atoms with van der Waals surface area (Å²) in [5.41, 5.74) is 2.62. The fraction of sp³-hybridized carbons (Fsp3) is 0.647. The second kappa shape index (κ2) is 7.90. The van der Waals surface area contributed by atoms with Crippen LogP contribution in [0.1, 0.15) is 30.9 Å². The standard InChI is InChI=1S/C17H27NO3/c1-12(2)14-6-4-13(5-7-14)8-18-9-15-10-21-11-16(20-3)17(15)19/h4-7,12,15-19H,8-11H2,1-3H3/t15-,16-,17+/m1/s1. The van der Waals surface area contributed by atoms with Crippen LogP contribution >= 0.6 is 0 Å². The molecule has 0 bridgehead atoms. The van der Waals surface area contributed by atoms with Gasteiger partial charge in [0.25, 0.3) is 0 Å². The van der Waals surface area contributed by atoms with Gasteiger partial charge < -0.3 is 19.9 Å². The van der Waals surface area contributed by atoms with Crippen molar-refractivity contribution in [2.75, 3.05) is 26.9 Å². The second-order valence-corrected chi connectivity index (χ2v) is 6.09. The average molecular weight is 293 g/mol. The van der Waals surface area contributed by atoms with Crippen LogP contribution in [0.25, 0.3) is 0 Å². The number of benzene rings is 1. The van der Waals surface area contributed by atoms with Crippen molar-refractivity contribution in [3.63, 3.8) is 0 Å². The highest BCUT2D eigenvalue weighted by atomic mass is 16.5. The van der Waals surface area contributed by atoms with Crippen LogP contribution in [0.2, 0.25) is 0 Å². The van der Waals surface area contributed by atoms with Gasteiger partial charge in [0.2, 0.25) is 0 Å². The van der Waals surface area contributed by atoms with E-state index in [9.17, 15) is 5.11 Å². The number of hydrogen-bond donors (Lipinski definition) is 2. The summed E-state index contributed by atoms with van der Waals surface area (Å²) in [5, 5.41) is 13.6. The quantitative estimate of drug-likeness (QED) is 0.841. The number of nitrogens with one attached hydrogen (secondary N) is 1. The number of methoxy groups -OCH3 is 1. The smallest absolute Gasteiger partial charge is 0.107 e. The van der Waals surface area contributed by atoms with Crippen molar-refractivity contribution in [1.82, 2.24) is 5.32 Å². The Bertz CT molecular complexity index is 419. The lowest BCUT2D eigenvalue weighted by atomic mass is 9.96. The van der Waals surface area contributed by atoms with E-state index in [1.807, 2.05) is 0 Å². The number of aliphatic hydroxyl groups excluding tert-OH is 1. The highest BCUT2D eigenvalue weighted by molar-refractivity contribution is 5.24. The molecule has 118 valence electrons. The van der Waals surface area contributed by atoms with Gasteiger partial charge in [-0.15, -0.1) is 0 Å². The molecule has 4 heteroatoms. The molecule has 1 aliphatic heterocycles. The number of ether oxygens (including phenoxy) is 2. The van der Waals surface area contributed by atoms with Crippen LogP contribution in [0.3, 0.4) is 0 Å². The van der Waals surface area contributed by atoms with Crippen molar-refractivity contribution >= 4 is 0 Å². The van der Waals surface area contributed by atoms with Crippen LogP contribution < -0.4 is 5.32 Å². The van der Waals surface area contributed by atoms with Gasteiger partial charge in [0.15, 0.2) is 0 Å². The van der Waals surface area contributed by atoms with Crippen molar-refractivity contribution in [2.24, 2.45) is 5.92 Å². The van der Waals surface area contributed by atoms with Crippen molar-refractivity contribution < 1.29 is 14.6 Å². The summed E-state index contributed by atoms with van der Waals surface area (Å²) in [7, 11) is 1.61. The number of hydrogen-bond acceptors (Lipinski definition) is 4. The van der Waals surface area contributed by atoms with Crippen LogP contribution in [-0.4, -0.2) is 44.2 Å². The van der Waals surface area contributed by atoms with Crippen molar-refractivity contribution in [1.29, 1.82) is 0 Å². The lowest BCUT2D eigenvalue weighted by Crippen LogP contribution is -2.48. The molecule has 0 amide bonds. The van der Waals surface area contributed by atoms with Gasteiger partial charge in [-0.05, 0) is 17.0 Å². The van der Waals surface area contributed by atoms with Crippen molar-refractivity contribution in [2.45, 2.75) is 38.5 Å². The highest BCUT2D eigenvalue weighted by Crippen LogP contribution is 2.17. The summed E-state index contributed by atoms with van der Waals surface area (Å²) >= 11 is 0. The summed E-state index contributed by atoms with van der Waals surface area (Å²) < 4.78 is 10.7. The minimum atomic E-state index is -0.459. The molecule has 1 fully saturated rings. The van der Waals surface area contributed by atoms with E-state index in [2.05, 4.69) is 43.4 Å². The third-order valence-electron chi connectivity index (χ3n) is 4.16. The monoisotopic (exact) mass is 293 g/mol. The van der Waals surface area contributed by atoms with Gasteiger partial charge in [-0.1, -0.05) is 38.1 Å². The van der Waals surface area contributed by atoms with Gasteiger partial charge in [-0.3, -0.25) is 0 Å². The van der Waals surface area contributed by atoms with E-state index in [0.717, 1.165) is 13.1 Å². The highest BCUT2D eigenvalue weighted by Gasteiger charge is 2.32. The molecule has 1 aliphatic rings. The van der Waals surface area contributed by atoms with Crippen LogP contribution in [0.5, 0.6) is 0 Å². The first-order valence-electron chi connectivity index (χ1n) is 7.70. The Labute approximate surface area is 127 Å². The van der Waals surface area contributed by atoms with E-state index in [4.69, 9.17) is 9.47 Å². The van der Waals surface area contributed by atoms with Gasteiger partial charge in [0.05, 0.1) is 19.3 Å². The molecule has 0 aromatic heterocycles. The van der Waals surface area contributed by atoms with Crippen molar-refractivity contribution in [3.8, 4) is 0 Å². The maximum Gasteiger partial charge on any atom is 0.107 e. The van der Waals surface area contributed by atoms with E-state index in [1.165, 1.54) is 11.1 Å². The molecular weight excluding hydrogens is 266 g/mol. The molecular formula is C17H27NO3. The molecule has 0 radical (unpaired) electrons. The van der Waals surface area contributed by atoms with E-state index in [-0.39, 0.29) is 12.0 Å². The normalized spacial score (nSPS) is 26.2. The first kappa shape index (κ1) is 16.4. The Morgan fingerprint density at radius 1 is 1.29 bits per heavy atom. The Morgan fingerprint density at radius 2 is 2.00 bits per heavy atom. The summed E-state index contributed by atoms with van der Waals surface area (Å²) in [6.45, 7) is 6.99. The van der Waals surface area contributed by atoms with Crippen LogP contribution in [0.15, 0.2) is 24.3 Å². The largest absolute Gasteiger partial charge is 0.390 e. The van der Waals surface area contributed by atoms with Crippen molar-refractivity contribution in [3.05, 3.63) is 35.4 Å². The molecule has 21 heavy (non-hydrogen) atoms. The number of rotatable bonds is 6. The summed E-state index contributed by atoms with van der Waals surface area (Å²) in [6, 6.07) is 8.69. The Morgan fingerprint density at radius 3 is 2.62 bits per heavy atom. The molecule has 0 spiro atoms. The first-order chi connectivity index (χ1) is 10.1. The minimum absolute atomic E-state index is 0.0821. The van der Waals surface area contributed by atoms with Gasteiger partial charge in [-0.25, -0.2) is 0 Å². The molecule has 2 N–H and O–H groups in total. The zero-order chi connectivity index (χ0) is 15.2. The molecule has 1 aromatic rings. The lowest BCUT2D eigenvalue weighted by Gasteiger charge is -2.33. The second-order valence-electron chi connectivity index (χ2n) is 6.09. The SMILES string of the molecule is CO[C@@H]1COC[C@@H](CNCc2ccc(C(C)C)cc2)[C@@H]1O. The third-order valence-corrected chi connectivity index (χ3v) is 4.16. The Balaban J connectivity index is 1.78. The first-order valence-corrected chi connectivity index (χ1v) is 7.70. The van der Waals surface area contributed by atoms with Crippen LogP contribution in [0.4, 0.5) is 0 Å². The molecule has 0 unspecified atom stereocenters. The molecule has 3 atom stereocenters. The molecule has 1 heterocycles. The molecule has 1 aromatic carbocycles. The summed E-state index contributed by atoms with van der Waals surface area (Å²) in [6.07, 6.45) is -0.671. The predicted molar refractivity (Wildman–Crippen MR) is 83.4 cm³/mol. The van der Waals surface area contributed by atoms with Crippen LogP contribution in [0, 0.1) is 5.92 Å². The van der Waals surface area contributed by atoms with Gasteiger partial charge in [-0.2, -0.15) is 0 Å². The van der Waals surface area contributed by atoms with Gasteiger partial charge in [0, 0.05) is 26.1 Å². The molecule has 1 saturated heterocycles. The third kappa shape index (κ3) is 4.51. The van der Waals surface area contributed by atoms with E-state index in [0.29, 0.717) is 19.1 Å². The average Bonchev–Trinajstić information content (AvgIpc) is 2.49. The fourth-order valence-corrected chi connectivity index (χ4v) is 2.65. The van der Waals surface area contributed by atoms with Gasteiger partial charge in [0.1, 0.15) is 6.10 Å². The zero-order valence-electron chi connectivity index (χ0n) is 13.2.